The van der Waals surface area contributed by atoms with Gasteiger partial charge in [0.1, 0.15) is 5.92 Å². The van der Waals surface area contributed by atoms with Crippen LogP contribution in [0.3, 0.4) is 0 Å². The molecule has 0 aliphatic rings. The van der Waals surface area contributed by atoms with Gasteiger partial charge in [0, 0.05) is 25.1 Å². The second kappa shape index (κ2) is 3.77. The van der Waals surface area contributed by atoms with Gasteiger partial charge in [-0.3, -0.25) is 14.8 Å². The van der Waals surface area contributed by atoms with Gasteiger partial charge in [0.25, 0.3) is 0 Å². The molecule has 12 heavy (non-hydrogen) atoms. The van der Waals surface area contributed by atoms with E-state index in [1.54, 1.807) is 0 Å². The predicted molar refractivity (Wildman–Crippen MR) is 41.5 cm³/mol. The zero-order valence-corrected chi connectivity index (χ0v) is 6.34. The molecule has 3 N–H and O–H groups in total. The third kappa shape index (κ3) is 1.76. The monoisotopic (exact) mass is 167 g/mol. The zero-order valence-electron chi connectivity index (χ0n) is 6.34. The molecule has 0 saturated carbocycles. The van der Waals surface area contributed by atoms with Crippen LogP contribution in [0.4, 0.5) is 0 Å². The number of nitrogens with two attached hydrogens (primary N) is 1. The summed E-state index contributed by atoms with van der Waals surface area (Å²) in [5, 5.41) is 8.68. The molecule has 0 aliphatic carbocycles. The van der Waals surface area contributed by atoms with E-state index in [2.05, 4.69) is 9.97 Å². The molecule has 0 amide bonds. The van der Waals surface area contributed by atoms with Crippen molar-refractivity contribution in [2.45, 2.75) is 5.92 Å². The normalized spacial score (nSPS) is 12.4. The summed E-state index contributed by atoms with van der Waals surface area (Å²) in [6.07, 6.45) is 4.34. The average Bonchev–Trinajstić information content (AvgIpc) is 2.07. The van der Waals surface area contributed by atoms with E-state index in [1.807, 2.05) is 0 Å². The van der Waals surface area contributed by atoms with Crippen LogP contribution >= 0.6 is 0 Å². The van der Waals surface area contributed by atoms with Gasteiger partial charge in [-0.15, -0.1) is 0 Å². The maximum Gasteiger partial charge on any atom is 0.313 e. The van der Waals surface area contributed by atoms with Crippen molar-refractivity contribution in [3.8, 4) is 0 Å². The van der Waals surface area contributed by atoms with Crippen LogP contribution in [-0.2, 0) is 4.79 Å². The molecule has 1 heterocycles. The van der Waals surface area contributed by atoms with Crippen molar-refractivity contribution >= 4 is 5.97 Å². The Morgan fingerprint density at radius 3 is 2.83 bits per heavy atom. The first-order valence-corrected chi connectivity index (χ1v) is 3.44. The Balaban J connectivity index is 2.88. The van der Waals surface area contributed by atoms with Crippen LogP contribution in [0.5, 0.6) is 0 Å². The summed E-state index contributed by atoms with van der Waals surface area (Å²) in [6, 6.07) is 0. The molecule has 1 unspecified atom stereocenters. The Bertz CT molecular complexity index is 263. The van der Waals surface area contributed by atoms with Crippen molar-refractivity contribution in [1.29, 1.82) is 0 Å². The van der Waals surface area contributed by atoms with E-state index in [4.69, 9.17) is 10.8 Å². The molecule has 0 aliphatic heterocycles. The molecule has 5 nitrogen and oxygen atoms in total. The summed E-state index contributed by atoms with van der Waals surface area (Å²) >= 11 is 0. The van der Waals surface area contributed by atoms with Crippen LogP contribution in [0.15, 0.2) is 18.6 Å². The Hall–Kier alpha value is -1.49. The molecule has 1 atom stereocenters. The maximum absolute atomic E-state index is 10.6. The van der Waals surface area contributed by atoms with Gasteiger partial charge in [-0.25, -0.2) is 0 Å². The molecular formula is C7H9N3O2. The highest BCUT2D eigenvalue weighted by atomic mass is 16.4. The van der Waals surface area contributed by atoms with Crippen molar-refractivity contribution in [3.63, 3.8) is 0 Å². The molecule has 0 bridgehead atoms. The summed E-state index contributed by atoms with van der Waals surface area (Å²) in [7, 11) is 0. The number of carboxylic acids is 1. The second-order valence-corrected chi connectivity index (χ2v) is 2.26. The molecule has 0 radical (unpaired) electrons. The van der Waals surface area contributed by atoms with Gasteiger partial charge >= 0.3 is 5.97 Å². The molecule has 5 heteroatoms. The van der Waals surface area contributed by atoms with Crippen LogP contribution in [-0.4, -0.2) is 27.6 Å². The minimum Gasteiger partial charge on any atom is -0.481 e. The largest absolute Gasteiger partial charge is 0.481 e. The standard InChI is InChI=1S/C7H9N3O2/c8-3-5(7(11)12)6-4-9-1-2-10-6/h1-2,4-5H,3,8H2,(H,11,12). The summed E-state index contributed by atoms with van der Waals surface area (Å²) in [4.78, 5) is 18.2. The number of aromatic nitrogens is 2. The lowest BCUT2D eigenvalue weighted by atomic mass is 10.1. The summed E-state index contributed by atoms with van der Waals surface area (Å²) in [6.45, 7) is 0.0357. The van der Waals surface area contributed by atoms with Crippen LogP contribution in [0.25, 0.3) is 0 Å². The first kappa shape index (κ1) is 8.61. The Morgan fingerprint density at radius 1 is 1.67 bits per heavy atom. The van der Waals surface area contributed by atoms with Crippen molar-refractivity contribution in [2.24, 2.45) is 5.73 Å². The zero-order chi connectivity index (χ0) is 8.97. The predicted octanol–water partition coefficient (Wildman–Crippen LogP) is -0.397. The molecule has 1 aromatic heterocycles. The van der Waals surface area contributed by atoms with Crippen molar-refractivity contribution in [3.05, 3.63) is 24.3 Å². The van der Waals surface area contributed by atoms with Gasteiger partial charge in [0.2, 0.25) is 0 Å². The first-order chi connectivity index (χ1) is 5.75. The van der Waals surface area contributed by atoms with E-state index in [0.717, 1.165) is 0 Å². The third-order valence-corrected chi connectivity index (χ3v) is 1.47. The van der Waals surface area contributed by atoms with Crippen molar-refractivity contribution in [1.82, 2.24) is 9.97 Å². The molecule has 0 fully saturated rings. The topological polar surface area (TPSA) is 89.1 Å². The number of carboxylic acid groups (broad SMARTS) is 1. The minimum atomic E-state index is -0.974. The lowest BCUT2D eigenvalue weighted by molar-refractivity contribution is -0.138. The maximum atomic E-state index is 10.6. The first-order valence-electron chi connectivity index (χ1n) is 3.44. The molecule has 0 saturated heterocycles. The highest BCUT2D eigenvalue weighted by Gasteiger charge is 2.18. The van der Waals surface area contributed by atoms with Gasteiger partial charge in [0.15, 0.2) is 0 Å². The van der Waals surface area contributed by atoms with Crippen molar-refractivity contribution in [2.75, 3.05) is 6.54 Å². The third-order valence-electron chi connectivity index (χ3n) is 1.47. The van der Waals surface area contributed by atoms with Crippen LogP contribution in [0.2, 0.25) is 0 Å². The summed E-state index contributed by atoms with van der Waals surface area (Å²) in [5.41, 5.74) is 5.65. The van der Waals surface area contributed by atoms with Crippen LogP contribution < -0.4 is 5.73 Å². The molecular weight excluding hydrogens is 158 g/mol. The van der Waals surface area contributed by atoms with E-state index in [0.29, 0.717) is 5.69 Å². The van der Waals surface area contributed by atoms with Gasteiger partial charge < -0.3 is 10.8 Å². The number of nitrogens with zero attached hydrogens (tertiary/aromatic N) is 2. The lowest BCUT2D eigenvalue weighted by Crippen LogP contribution is -2.22. The number of hydrogen-bond acceptors (Lipinski definition) is 4. The van der Waals surface area contributed by atoms with Gasteiger partial charge in [-0.2, -0.15) is 0 Å². The van der Waals surface area contributed by atoms with E-state index >= 15 is 0 Å². The summed E-state index contributed by atoms with van der Waals surface area (Å²) < 4.78 is 0. The SMILES string of the molecule is NCC(C(=O)O)c1cnccn1. The van der Waals surface area contributed by atoms with Gasteiger partial charge in [0.05, 0.1) is 5.69 Å². The lowest BCUT2D eigenvalue weighted by Gasteiger charge is -2.06. The number of aliphatic carboxylic acids is 1. The van der Waals surface area contributed by atoms with Gasteiger partial charge in [-0.1, -0.05) is 0 Å². The second-order valence-electron chi connectivity index (χ2n) is 2.26. The van der Waals surface area contributed by atoms with Gasteiger partial charge in [-0.05, 0) is 0 Å². The highest BCUT2D eigenvalue weighted by molar-refractivity contribution is 5.75. The smallest absolute Gasteiger partial charge is 0.313 e. The van der Waals surface area contributed by atoms with E-state index < -0.39 is 11.9 Å². The van der Waals surface area contributed by atoms with Crippen molar-refractivity contribution < 1.29 is 9.90 Å². The number of carbonyl (C=O) groups is 1. The molecule has 1 rings (SSSR count). The average molecular weight is 167 g/mol. The Morgan fingerprint density at radius 2 is 2.42 bits per heavy atom. The molecule has 64 valence electrons. The Labute approximate surface area is 69.3 Å². The quantitative estimate of drug-likeness (QED) is 0.639. The molecule has 1 aromatic rings. The fraction of sp³-hybridized carbons (Fsp3) is 0.286. The minimum absolute atomic E-state index is 0.0357. The highest BCUT2D eigenvalue weighted by Crippen LogP contribution is 2.09. The Kier molecular flexibility index (Phi) is 2.71. The van der Waals surface area contributed by atoms with E-state index in [1.165, 1.54) is 18.6 Å². The van der Waals surface area contributed by atoms with Crippen LogP contribution in [0.1, 0.15) is 11.6 Å². The number of hydrogen-bond donors (Lipinski definition) is 2. The number of rotatable bonds is 3. The summed E-state index contributed by atoms with van der Waals surface area (Å²) in [5.74, 6) is -1.73. The van der Waals surface area contributed by atoms with E-state index in [9.17, 15) is 4.79 Å². The fourth-order valence-corrected chi connectivity index (χ4v) is 0.839. The van der Waals surface area contributed by atoms with Crippen LogP contribution in [0, 0.1) is 0 Å². The molecule has 0 spiro atoms. The van der Waals surface area contributed by atoms with E-state index in [-0.39, 0.29) is 6.54 Å². The fourth-order valence-electron chi connectivity index (χ4n) is 0.839. The molecule has 0 aromatic carbocycles.